The van der Waals surface area contributed by atoms with E-state index in [1.165, 1.54) is 0 Å². The van der Waals surface area contributed by atoms with Crippen LogP contribution in [0.3, 0.4) is 0 Å². The molecule has 8 heteroatoms. The van der Waals surface area contributed by atoms with E-state index in [2.05, 4.69) is 15.4 Å². The first-order valence-corrected chi connectivity index (χ1v) is 11.8. The zero-order valence-electron chi connectivity index (χ0n) is 16.0. The van der Waals surface area contributed by atoms with Gasteiger partial charge >= 0.3 is 0 Å². The molecule has 1 N–H and O–H groups in total. The van der Waals surface area contributed by atoms with Crippen LogP contribution in [0.25, 0.3) is 10.9 Å². The van der Waals surface area contributed by atoms with Crippen LogP contribution in [0.2, 0.25) is 0 Å². The number of para-hydroxylation sites is 1. The Bertz CT molecular complexity index is 1210. The number of rotatable bonds is 3. The Balaban J connectivity index is 1.51. The van der Waals surface area contributed by atoms with Gasteiger partial charge in [-0.25, -0.2) is 8.42 Å². The summed E-state index contributed by atoms with van der Waals surface area (Å²) in [4.78, 5) is 17.5. The summed E-state index contributed by atoms with van der Waals surface area (Å²) in [5.74, 6) is 0.0335. The van der Waals surface area contributed by atoms with Gasteiger partial charge in [-0.3, -0.25) is 14.5 Å². The van der Waals surface area contributed by atoms with E-state index in [0.29, 0.717) is 17.8 Å². The maximum Gasteiger partial charge on any atom is 0.276 e. The fraction of sp³-hybridized carbons (Fsp3) is 0.381. The van der Waals surface area contributed by atoms with E-state index < -0.39 is 9.84 Å². The molecule has 1 saturated heterocycles. The number of hydrogen-bond donors (Lipinski definition) is 1. The molecule has 0 spiro atoms. The summed E-state index contributed by atoms with van der Waals surface area (Å²) in [5, 5.41) is 8.56. The third-order valence-electron chi connectivity index (χ3n) is 5.86. The second-order valence-corrected chi connectivity index (χ2v) is 10.0. The molecule has 0 bridgehead atoms. The summed E-state index contributed by atoms with van der Waals surface area (Å²) in [5.41, 5.74) is 3.79. The molecule has 1 atom stereocenters. The van der Waals surface area contributed by atoms with Crippen LogP contribution in [-0.2, 0) is 22.7 Å². The van der Waals surface area contributed by atoms with Crippen LogP contribution in [0.5, 0.6) is 0 Å². The number of aromatic nitrogens is 3. The Labute approximate surface area is 169 Å². The molecule has 1 aliphatic carbocycles. The number of hydrogen-bond acceptors (Lipinski definition) is 5. The number of anilines is 1. The van der Waals surface area contributed by atoms with E-state index in [1.807, 2.05) is 35.0 Å². The minimum absolute atomic E-state index is 0.107. The minimum atomic E-state index is -3.02. The maximum absolute atomic E-state index is 13.2. The molecule has 0 radical (unpaired) electrons. The highest BCUT2D eigenvalue weighted by Crippen LogP contribution is 2.32. The molecule has 7 nitrogen and oxygen atoms in total. The number of benzene rings is 1. The average molecular weight is 410 g/mol. The molecule has 2 aromatic heterocycles. The Morgan fingerprint density at radius 1 is 1.14 bits per heavy atom. The van der Waals surface area contributed by atoms with Crippen molar-refractivity contribution in [2.75, 3.05) is 16.8 Å². The molecule has 0 unspecified atom stereocenters. The van der Waals surface area contributed by atoms with Crippen LogP contribution in [0.1, 0.15) is 47.1 Å². The van der Waals surface area contributed by atoms with E-state index >= 15 is 0 Å². The molecule has 0 saturated carbocycles. The van der Waals surface area contributed by atoms with Gasteiger partial charge < -0.3 is 5.32 Å². The number of amides is 1. The zero-order chi connectivity index (χ0) is 20.0. The predicted octanol–water partition coefficient (Wildman–Crippen LogP) is 2.92. The smallest absolute Gasteiger partial charge is 0.276 e. The lowest BCUT2D eigenvalue weighted by molar-refractivity contribution is 0.102. The highest BCUT2D eigenvalue weighted by molar-refractivity contribution is 7.91. The Hall–Kier alpha value is -2.74. The van der Waals surface area contributed by atoms with Crippen molar-refractivity contribution < 1.29 is 13.2 Å². The number of sulfone groups is 1. The number of nitrogens with one attached hydrogen (secondary N) is 1. The Morgan fingerprint density at radius 2 is 1.97 bits per heavy atom. The summed E-state index contributed by atoms with van der Waals surface area (Å²) in [7, 11) is -3.02. The van der Waals surface area contributed by atoms with Crippen molar-refractivity contribution in [3.05, 3.63) is 53.5 Å². The molecular weight excluding hydrogens is 388 g/mol. The topological polar surface area (TPSA) is 93.9 Å². The fourth-order valence-corrected chi connectivity index (χ4v) is 6.16. The summed E-state index contributed by atoms with van der Waals surface area (Å²) in [6, 6.07) is 9.32. The highest BCUT2D eigenvalue weighted by Gasteiger charge is 2.34. The van der Waals surface area contributed by atoms with Gasteiger partial charge in [0.2, 0.25) is 0 Å². The lowest BCUT2D eigenvalue weighted by Gasteiger charge is -2.17. The SMILES string of the molecule is O=C(Nc1cccc2cccnc12)c1nn([C@H]2CCS(=O)(=O)C2)c2c1CCCC2. The lowest BCUT2D eigenvalue weighted by atomic mass is 9.95. The molecule has 5 rings (SSSR count). The first-order valence-electron chi connectivity index (χ1n) is 9.97. The summed E-state index contributed by atoms with van der Waals surface area (Å²) in [6.45, 7) is 0. The van der Waals surface area contributed by atoms with Gasteiger partial charge in [-0.2, -0.15) is 5.10 Å². The van der Waals surface area contributed by atoms with Gasteiger partial charge in [-0.15, -0.1) is 0 Å². The van der Waals surface area contributed by atoms with Crippen molar-refractivity contribution in [2.45, 2.75) is 38.1 Å². The van der Waals surface area contributed by atoms with Crippen LogP contribution in [0.4, 0.5) is 5.69 Å². The van der Waals surface area contributed by atoms with Crippen molar-refractivity contribution >= 4 is 32.3 Å². The van der Waals surface area contributed by atoms with Crippen molar-refractivity contribution in [3.8, 4) is 0 Å². The molecule has 1 fully saturated rings. The average Bonchev–Trinajstić information content (AvgIpc) is 3.28. The van der Waals surface area contributed by atoms with Crippen molar-refractivity contribution in [2.24, 2.45) is 0 Å². The summed E-state index contributed by atoms with van der Waals surface area (Å²) in [6.07, 6.45) is 5.94. The third-order valence-corrected chi connectivity index (χ3v) is 7.61. The quantitative estimate of drug-likeness (QED) is 0.716. The number of fused-ring (bicyclic) bond motifs is 2. The number of carbonyl (C=O) groups excluding carboxylic acids is 1. The molecular formula is C21H22N4O3S. The van der Waals surface area contributed by atoms with E-state index in [9.17, 15) is 13.2 Å². The van der Waals surface area contributed by atoms with Gasteiger partial charge in [0, 0.05) is 22.8 Å². The first-order chi connectivity index (χ1) is 14.0. The van der Waals surface area contributed by atoms with Crippen LogP contribution >= 0.6 is 0 Å². The highest BCUT2D eigenvalue weighted by atomic mass is 32.2. The molecule has 1 aromatic carbocycles. The van der Waals surface area contributed by atoms with Gasteiger partial charge in [0.25, 0.3) is 5.91 Å². The van der Waals surface area contributed by atoms with E-state index in [-0.39, 0.29) is 23.5 Å². The minimum Gasteiger partial charge on any atom is -0.319 e. The Kier molecular flexibility index (Phi) is 4.38. The Morgan fingerprint density at radius 3 is 2.79 bits per heavy atom. The number of nitrogens with zero attached hydrogens (tertiary/aromatic N) is 3. The molecule has 2 aliphatic rings. The summed E-state index contributed by atoms with van der Waals surface area (Å²) < 4.78 is 25.8. The van der Waals surface area contributed by atoms with Crippen molar-refractivity contribution in [3.63, 3.8) is 0 Å². The first kappa shape index (κ1) is 18.3. The monoisotopic (exact) mass is 410 g/mol. The standard InChI is InChI=1S/C21H22N4O3S/c26-21(23-17-8-3-5-14-6-4-11-22-19(14)17)20-16-7-1-2-9-18(16)25(24-20)15-10-12-29(27,28)13-15/h3-6,8,11,15H,1-2,7,9-10,12-13H2,(H,23,26)/t15-/m0/s1. The summed E-state index contributed by atoms with van der Waals surface area (Å²) >= 11 is 0. The van der Waals surface area contributed by atoms with E-state index in [0.717, 1.165) is 47.8 Å². The normalized spacial score (nSPS) is 20.5. The van der Waals surface area contributed by atoms with Crippen LogP contribution < -0.4 is 5.32 Å². The fourth-order valence-electron chi connectivity index (χ4n) is 4.47. The van der Waals surface area contributed by atoms with E-state index in [4.69, 9.17) is 0 Å². The molecule has 3 aromatic rings. The van der Waals surface area contributed by atoms with Gasteiger partial charge in [0.05, 0.1) is 28.8 Å². The molecule has 150 valence electrons. The van der Waals surface area contributed by atoms with Gasteiger partial charge in [0.15, 0.2) is 15.5 Å². The zero-order valence-corrected chi connectivity index (χ0v) is 16.8. The second kappa shape index (κ2) is 6.95. The number of pyridine rings is 1. The van der Waals surface area contributed by atoms with Gasteiger partial charge in [0.1, 0.15) is 0 Å². The third kappa shape index (κ3) is 3.31. The predicted molar refractivity (Wildman–Crippen MR) is 111 cm³/mol. The largest absolute Gasteiger partial charge is 0.319 e. The molecule has 1 amide bonds. The van der Waals surface area contributed by atoms with Crippen LogP contribution in [0, 0.1) is 0 Å². The van der Waals surface area contributed by atoms with Crippen molar-refractivity contribution in [1.29, 1.82) is 0 Å². The van der Waals surface area contributed by atoms with Crippen LogP contribution in [0.15, 0.2) is 36.5 Å². The van der Waals surface area contributed by atoms with Gasteiger partial charge in [-0.1, -0.05) is 18.2 Å². The lowest BCUT2D eigenvalue weighted by Crippen LogP contribution is -2.17. The molecule has 3 heterocycles. The van der Waals surface area contributed by atoms with Gasteiger partial charge in [-0.05, 0) is 44.2 Å². The number of carbonyl (C=O) groups is 1. The van der Waals surface area contributed by atoms with Crippen LogP contribution in [-0.4, -0.2) is 40.6 Å². The molecule has 29 heavy (non-hydrogen) atoms. The molecule has 1 aliphatic heterocycles. The second-order valence-electron chi connectivity index (χ2n) is 7.82. The van der Waals surface area contributed by atoms with Crippen molar-refractivity contribution in [1.82, 2.24) is 14.8 Å². The maximum atomic E-state index is 13.2. The van der Waals surface area contributed by atoms with E-state index in [1.54, 1.807) is 6.20 Å².